The van der Waals surface area contributed by atoms with Crippen molar-refractivity contribution < 1.29 is 28.6 Å². The standard InChI is InChI=1S/C23H26FN3O5/c1-22(2,3)32-21(30)26-12-19(28)17-9-18-14(10-23(17,13-26)20(29)31-4)11-25-27(18)16-7-5-15(24)6-8-16/h5-9,11,19,28H,10,12-13H2,1-4H3/t19-,23-/m0/s1. The summed E-state index contributed by atoms with van der Waals surface area (Å²) in [6, 6.07) is 5.88. The molecule has 1 aromatic carbocycles. The van der Waals surface area contributed by atoms with Crippen LogP contribution in [-0.2, 0) is 20.7 Å². The van der Waals surface area contributed by atoms with Gasteiger partial charge >= 0.3 is 12.1 Å². The molecule has 170 valence electrons. The molecule has 4 rings (SSSR count). The number of halogens is 1. The zero-order valence-corrected chi connectivity index (χ0v) is 18.5. The number of carbonyl (C=O) groups is 2. The summed E-state index contributed by atoms with van der Waals surface area (Å²) >= 11 is 0. The number of benzene rings is 1. The third kappa shape index (κ3) is 3.77. The molecule has 1 N–H and O–H groups in total. The molecule has 2 aliphatic rings. The first-order chi connectivity index (χ1) is 15.0. The summed E-state index contributed by atoms with van der Waals surface area (Å²) in [4.78, 5) is 27.1. The van der Waals surface area contributed by atoms with E-state index < -0.39 is 29.2 Å². The summed E-state index contributed by atoms with van der Waals surface area (Å²) in [6.45, 7) is 5.26. The normalized spacial score (nSPS) is 22.5. The summed E-state index contributed by atoms with van der Waals surface area (Å²) in [5, 5.41) is 15.4. The minimum absolute atomic E-state index is 0.0125. The largest absolute Gasteiger partial charge is 0.468 e. The van der Waals surface area contributed by atoms with Gasteiger partial charge in [-0.15, -0.1) is 0 Å². The van der Waals surface area contributed by atoms with Gasteiger partial charge in [-0.25, -0.2) is 13.9 Å². The Morgan fingerprint density at radius 2 is 1.94 bits per heavy atom. The Morgan fingerprint density at radius 1 is 1.25 bits per heavy atom. The van der Waals surface area contributed by atoms with E-state index in [0.717, 1.165) is 5.56 Å². The van der Waals surface area contributed by atoms with E-state index in [2.05, 4.69) is 5.10 Å². The van der Waals surface area contributed by atoms with Gasteiger partial charge in [-0.05, 0) is 68.7 Å². The summed E-state index contributed by atoms with van der Waals surface area (Å²) < 4.78 is 25.6. The molecule has 0 radical (unpaired) electrons. The fourth-order valence-electron chi connectivity index (χ4n) is 4.36. The van der Waals surface area contributed by atoms with Crippen LogP contribution in [0.1, 0.15) is 32.0 Å². The van der Waals surface area contributed by atoms with E-state index in [1.54, 1.807) is 49.9 Å². The number of amides is 1. The average molecular weight is 443 g/mol. The molecule has 1 saturated heterocycles. The van der Waals surface area contributed by atoms with Gasteiger partial charge in [-0.3, -0.25) is 4.79 Å². The molecule has 2 atom stereocenters. The van der Waals surface area contributed by atoms with Crippen LogP contribution in [0.2, 0.25) is 0 Å². The van der Waals surface area contributed by atoms with Gasteiger partial charge in [0.1, 0.15) is 16.8 Å². The Morgan fingerprint density at radius 3 is 2.56 bits per heavy atom. The number of aliphatic hydroxyl groups excluding tert-OH is 1. The first-order valence-corrected chi connectivity index (χ1v) is 10.3. The zero-order valence-electron chi connectivity index (χ0n) is 18.5. The lowest BCUT2D eigenvalue weighted by Gasteiger charge is -2.46. The third-order valence-corrected chi connectivity index (χ3v) is 5.74. The highest BCUT2D eigenvalue weighted by molar-refractivity contribution is 5.87. The van der Waals surface area contributed by atoms with Crippen molar-refractivity contribution in [3.8, 4) is 5.69 Å². The molecule has 1 fully saturated rings. The molecule has 0 saturated carbocycles. The molecule has 0 spiro atoms. The van der Waals surface area contributed by atoms with Gasteiger partial charge in [0.05, 0.1) is 37.3 Å². The number of esters is 1. The first kappa shape index (κ1) is 22.0. The van der Waals surface area contributed by atoms with Crippen molar-refractivity contribution in [3.05, 3.63) is 53.1 Å². The monoisotopic (exact) mass is 443 g/mol. The molecule has 1 amide bonds. The van der Waals surface area contributed by atoms with Crippen molar-refractivity contribution in [1.29, 1.82) is 0 Å². The van der Waals surface area contributed by atoms with Gasteiger partial charge in [0.15, 0.2) is 0 Å². The number of likely N-dealkylation sites (tertiary alicyclic amines) is 1. The molecule has 32 heavy (non-hydrogen) atoms. The Labute approximate surface area is 185 Å². The maximum Gasteiger partial charge on any atom is 0.410 e. The predicted molar refractivity (Wildman–Crippen MR) is 113 cm³/mol. The third-order valence-electron chi connectivity index (χ3n) is 5.74. The number of ether oxygens (including phenoxy) is 2. The van der Waals surface area contributed by atoms with Gasteiger partial charge in [0.25, 0.3) is 0 Å². The van der Waals surface area contributed by atoms with Gasteiger partial charge in [0, 0.05) is 6.54 Å². The summed E-state index contributed by atoms with van der Waals surface area (Å²) in [7, 11) is 1.28. The molecule has 2 heterocycles. The first-order valence-electron chi connectivity index (χ1n) is 10.3. The van der Waals surface area contributed by atoms with Crippen LogP contribution in [0.4, 0.5) is 9.18 Å². The van der Waals surface area contributed by atoms with Crippen LogP contribution < -0.4 is 0 Å². The Hall–Kier alpha value is -3.20. The summed E-state index contributed by atoms with van der Waals surface area (Å²) in [5.41, 5.74) is 0.577. The topological polar surface area (TPSA) is 93.9 Å². The van der Waals surface area contributed by atoms with E-state index in [9.17, 15) is 19.1 Å². The van der Waals surface area contributed by atoms with E-state index in [1.165, 1.54) is 24.1 Å². The maximum absolute atomic E-state index is 13.4. The summed E-state index contributed by atoms with van der Waals surface area (Å²) in [6.07, 6.45) is 1.85. The molecule has 0 bridgehead atoms. The van der Waals surface area contributed by atoms with Crippen LogP contribution in [0, 0.1) is 11.2 Å². The van der Waals surface area contributed by atoms with Crippen molar-refractivity contribution in [2.45, 2.75) is 38.9 Å². The van der Waals surface area contributed by atoms with E-state index in [4.69, 9.17) is 9.47 Å². The lowest BCUT2D eigenvalue weighted by atomic mass is 9.67. The highest BCUT2D eigenvalue weighted by Crippen LogP contribution is 2.45. The molecule has 9 heteroatoms. The van der Waals surface area contributed by atoms with E-state index in [-0.39, 0.29) is 25.3 Å². The number of aliphatic hydroxyl groups is 1. The van der Waals surface area contributed by atoms with Crippen LogP contribution in [0.5, 0.6) is 0 Å². The number of nitrogens with zero attached hydrogens (tertiary/aromatic N) is 3. The SMILES string of the molecule is COC(=O)[C@]12Cc3cnn(-c4ccc(F)cc4)c3C=C1[C@@H](O)CN(C(=O)OC(C)(C)C)C2. The van der Waals surface area contributed by atoms with Crippen LogP contribution >= 0.6 is 0 Å². The molecule has 0 unspecified atom stereocenters. The molecule has 8 nitrogen and oxygen atoms in total. The number of carbonyl (C=O) groups excluding carboxylic acids is 2. The van der Waals surface area contributed by atoms with E-state index in [1.807, 2.05) is 0 Å². The Bertz CT molecular complexity index is 1090. The fourth-order valence-corrected chi connectivity index (χ4v) is 4.36. The second-order valence-electron chi connectivity index (χ2n) is 9.17. The lowest BCUT2D eigenvalue weighted by Crippen LogP contribution is -2.58. The van der Waals surface area contributed by atoms with Crippen LogP contribution in [0.3, 0.4) is 0 Å². The number of hydrogen-bond acceptors (Lipinski definition) is 6. The second-order valence-corrected chi connectivity index (χ2v) is 9.17. The highest BCUT2D eigenvalue weighted by Gasteiger charge is 2.54. The zero-order chi connectivity index (χ0) is 23.3. The molecule has 1 aliphatic heterocycles. The van der Waals surface area contributed by atoms with Crippen LogP contribution in [0.15, 0.2) is 36.0 Å². The average Bonchev–Trinajstić information content (AvgIpc) is 3.13. The minimum Gasteiger partial charge on any atom is -0.468 e. The number of aromatic nitrogens is 2. The number of β-amino-alcohol motifs (C(OH)–C–C–N with tert-alkyl or cyclic N) is 1. The van der Waals surface area contributed by atoms with Crippen molar-refractivity contribution in [1.82, 2.24) is 14.7 Å². The van der Waals surface area contributed by atoms with Gasteiger partial charge < -0.3 is 19.5 Å². The van der Waals surface area contributed by atoms with E-state index in [0.29, 0.717) is 17.0 Å². The van der Waals surface area contributed by atoms with Gasteiger partial charge in [0.2, 0.25) is 0 Å². The minimum atomic E-state index is -1.26. The number of hydrogen-bond donors (Lipinski definition) is 1. The Kier molecular flexibility index (Phi) is 5.32. The number of methoxy groups -OCH3 is 1. The molecular weight excluding hydrogens is 417 g/mol. The van der Waals surface area contributed by atoms with Crippen molar-refractivity contribution in [2.24, 2.45) is 5.41 Å². The number of rotatable bonds is 2. The number of fused-ring (bicyclic) bond motifs is 2. The maximum atomic E-state index is 13.4. The second kappa shape index (κ2) is 7.74. The molecular formula is C23H26FN3O5. The smallest absolute Gasteiger partial charge is 0.410 e. The molecule has 1 aromatic heterocycles. The number of piperidine rings is 1. The Balaban J connectivity index is 1.75. The molecule has 1 aliphatic carbocycles. The van der Waals surface area contributed by atoms with Crippen molar-refractivity contribution in [3.63, 3.8) is 0 Å². The summed E-state index contributed by atoms with van der Waals surface area (Å²) in [5.74, 6) is -0.904. The van der Waals surface area contributed by atoms with Crippen LogP contribution in [-0.4, -0.2) is 63.8 Å². The quantitative estimate of drug-likeness (QED) is 0.718. The van der Waals surface area contributed by atoms with Crippen LogP contribution in [0.25, 0.3) is 11.8 Å². The lowest BCUT2D eigenvalue weighted by molar-refractivity contribution is -0.154. The highest BCUT2D eigenvalue weighted by atomic mass is 19.1. The van der Waals surface area contributed by atoms with E-state index >= 15 is 0 Å². The predicted octanol–water partition coefficient (Wildman–Crippen LogP) is 2.72. The van der Waals surface area contributed by atoms with Crippen molar-refractivity contribution >= 4 is 18.1 Å². The van der Waals surface area contributed by atoms with Crippen molar-refractivity contribution in [2.75, 3.05) is 20.2 Å². The van der Waals surface area contributed by atoms with Gasteiger partial charge in [-0.1, -0.05) is 0 Å². The van der Waals surface area contributed by atoms with Gasteiger partial charge in [-0.2, -0.15) is 5.10 Å². The molecule has 2 aromatic rings. The fraction of sp³-hybridized carbons (Fsp3) is 0.435.